The van der Waals surface area contributed by atoms with Crippen LogP contribution in [0.15, 0.2) is 59.5 Å². The molecule has 3 rings (SSSR count). The van der Waals surface area contributed by atoms with Crippen molar-refractivity contribution in [3.05, 3.63) is 65.7 Å². The Morgan fingerprint density at radius 1 is 0.938 bits per heavy atom. The van der Waals surface area contributed by atoms with E-state index in [0.717, 1.165) is 5.56 Å². The third kappa shape index (κ3) is 5.95. The number of benzene rings is 2. The number of piperidine rings is 1. The first-order valence-corrected chi connectivity index (χ1v) is 12.4. The fraction of sp³-hybridized carbons (Fsp3) is 0.417. The number of hydrogen-bond donors (Lipinski definition) is 2. The fourth-order valence-electron chi connectivity index (χ4n) is 3.73. The number of amides is 2. The molecule has 1 fully saturated rings. The second-order valence-electron chi connectivity index (χ2n) is 8.32. The standard InChI is InChI=1S/C24H31N3O4S/c1-18(2)19-8-10-22(11-9-19)32(30,31)27-16-12-21(13-17-27)24(29)26-15-14-25-23(28)20-6-4-3-5-7-20/h3-11,18,21H,12-17H2,1-2H3,(H,25,28)(H,26,29). The molecule has 2 aromatic carbocycles. The molecule has 8 heteroatoms. The van der Waals surface area contributed by atoms with E-state index in [4.69, 9.17) is 0 Å². The molecule has 7 nitrogen and oxygen atoms in total. The maximum atomic E-state index is 12.9. The van der Waals surface area contributed by atoms with Gasteiger partial charge >= 0.3 is 0 Å². The van der Waals surface area contributed by atoms with Crippen LogP contribution in [-0.4, -0.2) is 50.7 Å². The molecule has 0 spiro atoms. The molecule has 0 radical (unpaired) electrons. The summed E-state index contributed by atoms with van der Waals surface area (Å²) < 4.78 is 27.3. The molecular weight excluding hydrogens is 426 g/mol. The highest BCUT2D eigenvalue weighted by Crippen LogP contribution is 2.25. The summed E-state index contributed by atoms with van der Waals surface area (Å²) >= 11 is 0. The van der Waals surface area contributed by atoms with Crippen LogP contribution in [0, 0.1) is 5.92 Å². The van der Waals surface area contributed by atoms with Crippen molar-refractivity contribution in [2.24, 2.45) is 5.92 Å². The Morgan fingerprint density at radius 3 is 2.12 bits per heavy atom. The molecule has 0 aromatic heterocycles. The van der Waals surface area contributed by atoms with E-state index in [1.165, 1.54) is 4.31 Å². The number of sulfonamides is 1. The lowest BCUT2D eigenvalue weighted by atomic mass is 9.97. The second kappa shape index (κ2) is 10.7. The van der Waals surface area contributed by atoms with Crippen LogP contribution in [0.5, 0.6) is 0 Å². The lowest BCUT2D eigenvalue weighted by molar-refractivity contribution is -0.126. The first kappa shape index (κ1) is 23.9. The first-order chi connectivity index (χ1) is 15.3. The van der Waals surface area contributed by atoms with Gasteiger partial charge in [-0.2, -0.15) is 4.31 Å². The van der Waals surface area contributed by atoms with Crippen LogP contribution in [-0.2, 0) is 14.8 Å². The molecule has 32 heavy (non-hydrogen) atoms. The largest absolute Gasteiger partial charge is 0.354 e. The van der Waals surface area contributed by atoms with E-state index in [2.05, 4.69) is 24.5 Å². The van der Waals surface area contributed by atoms with E-state index in [1.807, 2.05) is 18.2 Å². The third-order valence-corrected chi connectivity index (χ3v) is 7.67. The molecule has 1 heterocycles. The van der Waals surface area contributed by atoms with E-state index >= 15 is 0 Å². The van der Waals surface area contributed by atoms with Crippen molar-refractivity contribution in [1.29, 1.82) is 0 Å². The van der Waals surface area contributed by atoms with Gasteiger partial charge in [0.05, 0.1) is 4.90 Å². The van der Waals surface area contributed by atoms with Crippen LogP contribution in [0.3, 0.4) is 0 Å². The van der Waals surface area contributed by atoms with Crippen LogP contribution in [0.25, 0.3) is 0 Å². The van der Waals surface area contributed by atoms with Crippen LogP contribution in [0.2, 0.25) is 0 Å². The highest BCUT2D eigenvalue weighted by molar-refractivity contribution is 7.89. The van der Waals surface area contributed by atoms with E-state index in [1.54, 1.807) is 36.4 Å². The smallest absolute Gasteiger partial charge is 0.251 e. The summed E-state index contributed by atoms with van der Waals surface area (Å²) in [5, 5.41) is 5.61. The first-order valence-electron chi connectivity index (χ1n) is 11.0. The number of nitrogens with one attached hydrogen (secondary N) is 2. The van der Waals surface area contributed by atoms with E-state index in [9.17, 15) is 18.0 Å². The van der Waals surface area contributed by atoms with Gasteiger partial charge in [-0.25, -0.2) is 8.42 Å². The highest BCUT2D eigenvalue weighted by Gasteiger charge is 2.32. The van der Waals surface area contributed by atoms with Gasteiger partial charge in [-0.05, 0) is 48.6 Å². The van der Waals surface area contributed by atoms with Crippen molar-refractivity contribution in [3.8, 4) is 0 Å². The number of hydrogen-bond acceptors (Lipinski definition) is 4. The van der Waals surface area contributed by atoms with Gasteiger partial charge in [0, 0.05) is 37.7 Å². The van der Waals surface area contributed by atoms with Crippen LogP contribution in [0.1, 0.15) is 48.5 Å². The van der Waals surface area contributed by atoms with Gasteiger partial charge in [-0.3, -0.25) is 9.59 Å². The maximum absolute atomic E-state index is 12.9. The van der Waals surface area contributed by atoms with Crippen molar-refractivity contribution in [1.82, 2.24) is 14.9 Å². The molecule has 1 saturated heterocycles. The number of carbonyl (C=O) groups is 2. The number of rotatable bonds is 8. The van der Waals surface area contributed by atoms with Crippen molar-refractivity contribution >= 4 is 21.8 Å². The molecule has 1 aliphatic heterocycles. The van der Waals surface area contributed by atoms with Crippen molar-refractivity contribution in [3.63, 3.8) is 0 Å². The van der Waals surface area contributed by atoms with E-state index in [0.29, 0.717) is 55.4 Å². The lowest BCUT2D eigenvalue weighted by Crippen LogP contribution is -2.44. The monoisotopic (exact) mass is 457 g/mol. The molecule has 0 aliphatic carbocycles. The van der Waals surface area contributed by atoms with Gasteiger partial charge in [-0.15, -0.1) is 0 Å². The molecular formula is C24H31N3O4S. The zero-order valence-corrected chi connectivity index (χ0v) is 19.4. The summed E-state index contributed by atoms with van der Waals surface area (Å²) in [7, 11) is -3.56. The van der Waals surface area contributed by atoms with Gasteiger partial charge < -0.3 is 10.6 Å². The van der Waals surface area contributed by atoms with E-state index < -0.39 is 10.0 Å². The molecule has 0 atom stereocenters. The lowest BCUT2D eigenvalue weighted by Gasteiger charge is -2.30. The van der Waals surface area contributed by atoms with Gasteiger partial charge in [-0.1, -0.05) is 44.2 Å². The molecule has 172 valence electrons. The Kier molecular flexibility index (Phi) is 8.04. The SMILES string of the molecule is CC(C)c1ccc(S(=O)(=O)N2CCC(C(=O)NCCNC(=O)c3ccccc3)CC2)cc1. The third-order valence-electron chi connectivity index (χ3n) is 5.76. The summed E-state index contributed by atoms with van der Waals surface area (Å²) in [6, 6.07) is 15.9. The zero-order valence-electron chi connectivity index (χ0n) is 18.6. The predicted molar refractivity (Wildman–Crippen MR) is 124 cm³/mol. The molecule has 0 bridgehead atoms. The van der Waals surface area contributed by atoms with Crippen LogP contribution >= 0.6 is 0 Å². The molecule has 0 unspecified atom stereocenters. The normalized spacial score (nSPS) is 15.5. The average molecular weight is 458 g/mol. The Morgan fingerprint density at radius 2 is 1.53 bits per heavy atom. The summed E-state index contributed by atoms with van der Waals surface area (Å²) in [5.41, 5.74) is 1.67. The summed E-state index contributed by atoms with van der Waals surface area (Å²) in [6.07, 6.45) is 0.955. The Labute approximate surface area is 190 Å². The van der Waals surface area contributed by atoms with E-state index in [-0.39, 0.29) is 17.7 Å². The number of nitrogens with zero attached hydrogens (tertiary/aromatic N) is 1. The Balaban J connectivity index is 1.43. The second-order valence-corrected chi connectivity index (χ2v) is 10.3. The Bertz CT molecular complexity index is 1010. The fourth-order valence-corrected chi connectivity index (χ4v) is 5.20. The minimum absolute atomic E-state index is 0.0997. The average Bonchev–Trinajstić information content (AvgIpc) is 2.82. The minimum Gasteiger partial charge on any atom is -0.354 e. The van der Waals surface area contributed by atoms with Crippen LogP contribution in [0.4, 0.5) is 0 Å². The molecule has 2 N–H and O–H groups in total. The quantitative estimate of drug-likeness (QED) is 0.596. The molecule has 2 aromatic rings. The summed E-state index contributed by atoms with van der Waals surface area (Å²) in [5.74, 6) is -0.167. The Hall–Kier alpha value is -2.71. The minimum atomic E-state index is -3.56. The summed E-state index contributed by atoms with van der Waals surface area (Å²) in [4.78, 5) is 24.7. The molecule has 0 saturated carbocycles. The maximum Gasteiger partial charge on any atom is 0.251 e. The molecule has 1 aliphatic rings. The summed E-state index contributed by atoms with van der Waals surface area (Å²) in [6.45, 7) is 5.43. The topological polar surface area (TPSA) is 95.6 Å². The van der Waals surface area contributed by atoms with Crippen molar-refractivity contribution in [2.75, 3.05) is 26.2 Å². The number of carbonyl (C=O) groups excluding carboxylic acids is 2. The van der Waals surface area contributed by atoms with Gasteiger partial charge in [0.15, 0.2) is 0 Å². The van der Waals surface area contributed by atoms with Gasteiger partial charge in [0.2, 0.25) is 15.9 Å². The van der Waals surface area contributed by atoms with Crippen molar-refractivity contribution < 1.29 is 18.0 Å². The predicted octanol–water partition coefficient (Wildman–Crippen LogP) is 2.76. The highest BCUT2D eigenvalue weighted by atomic mass is 32.2. The molecule has 2 amide bonds. The van der Waals surface area contributed by atoms with Crippen molar-refractivity contribution in [2.45, 2.75) is 37.5 Å². The van der Waals surface area contributed by atoms with Gasteiger partial charge in [0.25, 0.3) is 5.91 Å². The zero-order chi connectivity index (χ0) is 23.1. The van der Waals surface area contributed by atoms with Gasteiger partial charge in [0.1, 0.15) is 0 Å². The van der Waals surface area contributed by atoms with Crippen LogP contribution < -0.4 is 10.6 Å².